The first-order chi connectivity index (χ1) is 16.7. The summed E-state index contributed by atoms with van der Waals surface area (Å²) in [6, 6.07) is 38.4. The van der Waals surface area contributed by atoms with Crippen molar-refractivity contribution in [1.29, 1.82) is 0 Å². The summed E-state index contributed by atoms with van der Waals surface area (Å²) in [4.78, 5) is 11.1. The lowest BCUT2D eigenvalue weighted by molar-refractivity contribution is -0.137. The molecule has 0 aliphatic carbocycles. The highest BCUT2D eigenvalue weighted by Crippen LogP contribution is 2.32. The van der Waals surface area contributed by atoms with Gasteiger partial charge in [0.15, 0.2) is 0 Å². The molecule has 0 N–H and O–H groups in total. The Balaban J connectivity index is 1.44. The molecule has 0 radical (unpaired) electrons. The van der Waals surface area contributed by atoms with Gasteiger partial charge in [-0.2, -0.15) is 0 Å². The van der Waals surface area contributed by atoms with Crippen LogP contribution in [0.5, 0.6) is 0 Å². The van der Waals surface area contributed by atoms with Gasteiger partial charge >= 0.3 is 5.97 Å². The van der Waals surface area contributed by atoms with Crippen molar-refractivity contribution >= 4 is 18.1 Å². The van der Waals surface area contributed by atoms with Gasteiger partial charge in [0.2, 0.25) is 0 Å². The van der Waals surface area contributed by atoms with Gasteiger partial charge in [0.05, 0.1) is 6.61 Å². The first-order valence-electron chi connectivity index (χ1n) is 11.5. The topological polar surface area (TPSA) is 26.3 Å². The summed E-state index contributed by atoms with van der Waals surface area (Å²) in [5, 5.41) is 0. The number of hydrogen-bond acceptors (Lipinski definition) is 2. The van der Waals surface area contributed by atoms with Crippen LogP contribution in [0.1, 0.15) is 39.3 Å². The monoisotopic (exact) mass is 444 g/mol. The molecule has 0 saturated carbocycles. The lowest BCUT2D eigenvalue weighted by Crippen LogP contribution is -2.04. The average Bonchev–Trinajstić information content (AvgIpc) is 2.90. The SMILES string of the molecule is C=CC(=O)OCCc1ccc(C=Cc2ccc(C(c3ccccc3)c3ccccc3)cc2)cc1. The van der Waals surface area contributed by atoms with Crippen LogP contribution < -0.4 is 0 Å². The maximum absolute atomic E-state index is 11.1. The first kappa shape index (κ1) is 23.0. The van der Waals surface area contributed by atoms with Crippen molar-refractivity contribution in [2.24, 2.45) is 0 Å². The van der Waals surface area contributed by atoms with Crippen LogP contribution >= 0.6 is 0 Å². The van der Waals surface area contributed by atoms with E-state index < -0.39 is 0 Å². The number of carbonyl (C=O) groups is 1. The van der Waals surface area contributed by atoms with Gasteiger partial charge in [0.25, 0.3) is 0 Å². The van der Waals surface area contributed by atoms with Gasteiger partial charge in [-0.1, -0.05) is 128 Å². The zero-order valence-corrected chi connectivity index (χ0v) is 19.1. The summed E-state index contributed by atoms with van der Waals surface area (Å²) >= 11 is 0. The molecular weight excluding hydrogens is 416 g/mol. The Morgan fingerprint density at radius 1 is 0.676 bits per heavy atom. The maximum Gasteiger partial charge on any atom is 0.330 e. The molecule has 0 fully saturated rings. The second-order valence-electron chi connectivity index (χ2n) is 8.12. The number of carbonyl (C=O) groups excluding carboxylic acids is 1. The van der Waals surface area contributed by atoms with E-state index in [0.29, 0.717) is 13.0 Å². The normalized spacial score (nSPS) is 11.0. The molecule has 0 bridgehead atoms. The second-order valence-corrected chi connectivity index (χ2v) is 8.12. The van der Waals surface area contributed by atoms with Gasteiger partial charge in [-0.05, 0) is 33.4 Å². The van der Waals surface area contributed by atoms with Crippen molar-refractivity contribution in [2.75, 3.05) is 6.61 Å². The fourth-order valence-corrected chi connectivity index (χ4v) is 3.98. The highest BCUT2D eigenvalue weighted by molar-refractivity contribution is 5.81. The zero-order chi connectivity index (χ0) is 23.6. The molecule has 0 atom stereocenters. The van der Waals surface area contributed by atoms with Crippen LogP contribution in [-0.4, -0.2) is 12.6 Å². The average molecular weight is 445 g/mol. The van der Waals surface area contributed by atoms with Crippen LogP contribution in [0.25, 0.3) is 12.2 Å². The largest absolute Gasteiger partial charge is 0.462 e. The number of hydrogen-bond donors (Lipinski definition) is 0. The fraction of sp³-hybridized carbons (Fsp3) is 0.0938. The molecule has 168 valence electrons. The Kier molecular flexibility index (Phi) is 7.86. The molecule has 2 heteroatoms. The third kappa shape index (κ3) is 6.20. The van der Waals surface area contributed by atoms with E-state index in [4.69, 9.17) is 4.74 Å². The summed E-state index contributed by atoms with van der Waals surface area (Å²) < 4.78 is 5.04. The molecule has 34 heavy (non-hydrogen) atoms. The van der Waals surface area contributed by atoms with E-state index in [1.54, 1.807) is 0 Å². The van der Waals surface area contributed by atoms with Crippen molar-refractivity contribution in [1.82, 2.24) is 0 Å². The molecule has 4 rings (SSSR count). The van der Waals surface area contributed by atoms with Gasteiger partial charge in [-0.15, -0.1) is 0 Å². The van der Waals surface area contributed by atoms with Crippen molar-refractivity contribution < 1.29 is 9.53 Å². The minimum Gasteiger partial charge on any atom is -0.462 e. The third-order valence-corrected chi connectivity index (χ3v) is 5.79. The van der Waals surface area contributed by atoms with Gasteiger partial charge in [0, 0.05) is 18.4 Å². The van der Waals surface area contributed by atoms with Gasteiger partial charge in [-0.25, -0.2) is 4.79 Å². The van der Waals surface area contributed by atoms with E-state index in [1.807, 2.05) is 0 Å². The summed E-state index contributed by atoms with van der Waals surface area (Å²) in [5.74, 6) is -0.178. The Labute approximate surface area is 201 Å². The quantitative estimate of drug-likeness (QED) is 0.117. The van der Waals surface area contributed by atoms with Crippen LogP contribution in [0.4, 0.5) is 0 Å². The Hall–Kier alpha value is -4.17. The summed E-state index contributed by atoms with van der Waals surface area (Å²) in [6.45, 7) is 3.76. The van der Waals surface area contributed by atoms with Crippen LogP contribution in [0.2, 0.25) is 0 Å². The zero-order valence-electron chi connectivity index (χ0n) is 19.1. The molecule has 0 aliphatic heterocycles. The molecule has 0 aromatic heterocycles. The number of ether oxygens (including phenoxy) is 1. The van der Waals surface area contributed by atoms with Crippen molar-refractivity contribution in [2.45, 2.75) is 12.3 Å². The van der Waals surface area contributed by atoms with Gasteiger partial charge < -0.3 is 4.74 Å². The predicted octanol–water partition coefficient (Wildman–Crippen LogP) is 7.31. The van der Waals surface area contributed by atoms with E-state index in [1.165, 1.54) is 22.8 Å². The number of esters is 1. The van der Waals surface area contributed by atoms with Gasteiger partial charge in [0.1, 0.15) is 0 Å². The number of benzene rings is 4. The van der Waals surface area contributed by atoms with Crippen LogP contribution in [0.15, 0.2) is 122 Å². The lowest BCUT2D eigenvalue weighted by Gasteiger charge is -2.19. The summed E-state index contributed by atoms with van der Waals surface area (Å²) in [6.07, 6.45) is 6.12. The molecule has 0 spiro atoms. The van der Waals surface area contributed by atoms with Crippen LogP contribution in [0.3, 0.4) is 0 Å². The molecule has 0 unspecified atom stereocenters. The maximum atomic E-state index is 11.1. The molecule has 4 aromatic carbocycles. The molecule has 0 aliphatic rings. The summed E-state index contributed by atoms with van der Waals surface area (Å²) in [7, 11) is 0. The Bertz CT molecular complexity index is 1180. The Morgan fingerprint density at radius 2 is 1.15 bits per heavy atom. The predicted molar refractivity (Wildman–Crippen MR) is 141 cm³/mol. The standard InChI is InChI=1S/C32H28O2/c1-2-31(33)34-24-23-27-17-15-25(16-18-27)13-14-26-19-21-30(22-20-26)32(28-9-5-3-6-10-28)29-11-7-4-8-12-29/h2-22,32H,1,23-24H2. The van der Waals surface area contributed by atoms with Crippen molar-refractivity contribution in [3.63, 3.8) is 0 Å². The molecular formula is C32H28O2. The lowest BCUT2D eigenvalue weighted by atomic mass is 9.85. The first-order valence-corrected chi connectivity index (χ1v) is 11.5. The molecule has 2 nitrogen and oxygen atoms in total. The highest BCUT2D eigenvalue weighted by Gasteiger charge is 2.15. The number of rotatable bonds is 9. The Morgan fingerprint density at radius 3 is 1.65 bits per heavy atom. The molecule has 0 heterocycles. The van der Waals surface area contributed by atoms with E-state index in [2.05, 4.69) is 128 Å². The van der Waals surface area contributed by atoms with E-state index in [0.717, 1.165) is 16.7 Å². The fourth-order valence-electron chi connectivity index (χ4n) is 3.98. The van der Waals surface area contributed by atoms with E-state index >= 15 is 0 Å². The summed E-state index contributed by atoms with van der Waals surface area (Å²) in [5.41, 5.74) is 7.27. The van der Waals surface area contributed by atoms with Crippen LogP contribution in [-0.2, 0) is 16.0 Å². The van der Waals surface area contributed by atoms with Crippen LogP contribution in [0, 0.1) is 0 Å². The third-order valence-electron chi connectivity index (χ3n) is 5.79. The highest BCUT2D eigenvalue weighted by atomic mass is 16.5. The second kappa shape index (κ2) is 11.6. The minimum absolute atomic E-state index is 0.207. The molecule has 4 aromatic rings. The van der Waals surface area contributed by atoms with Crippen molar-refractivity contribution in [3.05, 3.63) is 155 Å². The molecule has 0 saturated heterocycles. The van der Waals surface area contributed by atoms with E-state index in [-0.39, 0.29) is 11.9 Å². The van der Waals surface area contributed by atoms with E-state index in [9.17, 15) is 4.79 Å². The van der Waals surface area contributed by atoms with Crippen molar-refractivity contribution in [3.8, 4) is 0 Å². The van der Waals surface area contributed by atoms with Gasteiger partial charge in [-0.3, -0.25) is 0 Å². The smallest absolute Gasteiger partial charge is 0.330 e. The minimum atomic E-state index is -0.385. The molecule has 0 amide bonds.